The molecule has 0 bridgehead atoms. The predicted molar refractivity (Wildman–Crippen MR) is 81.3 cm³/mol. The molecule has 1 fully saturated rings. The van der Waals surface area contributed by atoms with E-state index >= 15 is 0 Å². The van der Waals surface area contributed by atoms with E-state index in [1.165, 1.54) is 5.56 Å². The number of carbonyl (C=O) groups excluding carboxylic acids is 1. The minimum atomic E-state index is -0.126. The first-order valence-electron chi connectivity index (χ1n) is 6.98. The molecule has 1 saturated heterocycles. The zero-order valence-electron chi connectivity index (χ0n) is 11.5. The van der Waals surface area contributed by atoms with Gasteiger partial charge in [0.2, 0.25) is 0 Å². The van der Waals surface area contributed by atoms with Gasteiger partial charge < -0.3 is 15.1 Å². The number of amides is 1. The second-order valence-corrected chi connectivity index (χ2v) is 5.70. The Morgan fingerprint density at radius 1 is 1.24 bits per heavy atom. The van der Waals surface area contributed by atoms with E-state index in [1.54, 1.807) is 17.0 Å². The first kappa shape index (κ1) is 14.2. The maximum Gasteiger partial charge on any atom is 0.289 e. The van der Waals surface area contributed by atoms with Gasteiger partial charge in [-0.2, -0.15) is 0 Å². The lowest BCUT2D eigenvalue weighted by Gasteiger charge is -2.16. The molecule has 0 aliphatic carbocycles. The molecule has 5 heteroatoms. The van der Waals surface area contributed by atoms with Crippen molar-refractivity contribution in [2.24, 2.45) is 11.7 Å². The highest BCUT2D eigenvalue weighted by Crippen LogP contribution is 2.33. The summed E-state index contributed by atoms with van der Waals surface area (Å²) in [6.07, 6.45) is 0. The van der Waals surface area contributed by atoms with Gasteiger partial charge in [0.25, 0.3) is 5.91 Å². The van der Waals surface area contributed by atoms with Crippen molar-refractivity contribution in [1.82, 2.24) is 4.90 Å². The topological polar surface area (TPSA) is 59.5 Å². The molecule has 0 radical (unpaired) electrons. The molecule has 110 valence electrons. The molecule has 0 saturated carbocycles. The summed E-state index contributed by atoms with van der Waals surface area (Å²) in [6, 6.07) is 13.4. The predicted octanol–water partition coefficient (Wildman–Crippen LogP) is 2.75. The van der Waals surface area contributed by atoms with Crippen molar-refractivity contribution in [2.45, 2.75) is 5.92 Å². The van der Waals surface area contributed by atoms with Crippen molar-refractivity contribution in [3.8, 4) is 0 Å². The first-order valence-corrected chi connectivity index (χ1v) is 7.36. The van der Waals surface area contributed by atoms with Crippen LogP contribution in [0, 0.1) is 5.92 Å². The normalized spacial score (nSPS) is 21.7. The van der Waals surface area contributed by atoms with Crippen molar-refractivity contribution < 1.29 is 9.21 Å². The zero-order valence-corrected chi connectivity index (χ0v) is 12.3. The molecular weight excluding hydrogens is 288 g/mol. The Labute approximate surface area is 128 Å². The summed E-state index contributed by atoms with van der Waals surface area (Å²) < 4.78 is 5.21. The van der Waals surface area contributed by atoms with Crippen LogP contribution < -0.4 is 5.73 Å². The fourth-order valence-electron chi connectivity index (χ4n) is 2.94. The fourth-order valence-corrected chi connectivity index (χ4v) is 3.08. The number of likely N-dealkylation sites (tertiary alicyclic amines) is 1. The number of carbonyl (C=O) groups is 1. The summed E-state index contributed by atoms with van der Waals surface area (Å²) in [6.45, 7) is 1.86. The van der Waals surface area contributed by atoms with E-state index in [9.17, 15) is 4.79 Å². The van der Waals surface area contributed by atoms with Gasteiger partial charge in [0.05, 0.1) is 0 Å². The molecule has 1 aromatic carbocycles. The number of hydrogen-bond acceptors (Lipinski definition) is 3. The quantitative estimate of drug-likeness (QED) is 0.948. The average molecular weight is 305 g/mol. The van der Waals surface area contributed by atoms with Crippen LogP contribution in [-0.4, -0.2) is 30.4 Å². The van der Waals surface area contributed by atoms with Gasteiger partial charge in [0, 0.05) is 19.0 Å². The van der Waals surface area contributed by atoms with Crippen molar-refractivity contribution >= 4 is 17.5 Å². The lowest BCUT2D eigenvalue weighted by Crippen LogP contribution is -2.29. The summed E-state index contributed by atoms with van der Waals surface area (Å²) in [4.78, 5) is 14.2. The Kier molecular flexibility index (Phi) is 3.99. The molecule has 2 atom stereocenters. The average Bonchev–Trinajstić information content (AvgIpc) is 3.13. The number of rotatable bonds is 3. The molecule has 4 nitrogen and oxygen atoms in total. The monoisotopic (exact) mass is 304 g/mol. The van der Waals surface area contributed by atoms with E-state index in [1.807, 2.05) is 18.2 Å². The second-order valence-electron chi connectivity index (χ2n) is 5.33. The molecule has 1 amide bonds. The number of nitrogens with zero attached hydrogens (tertiary/aromatic N) is 1. The van der Waals surface area contributed by atoms with E-state index in [2.05, 4.69) is 12.1 Å². The standard InChI is InChI=1S/C16H17ClN2O2/c17-15-7-6-14(21-15)16(20)19-9-12(8-18)13(10-19)11-4-2-1-3-5-11/h1-7,12-13H,8-10,18H2/t12-,13+/m1/s1. The summed E-state index contributed by atoms with van der Waals surface area (Å²) in [5, 5.41) is 0.229. The smallest absolute Gasteiger partial charge is 0.289 e. The maximum absolute atomic E-state index is 12.4. The SMILES string of the molecule is NC[C@@H]1CN(C(=O)c2ccc(Cl)o2)C[C@H]1c1ccccc1. The van der Waals surface area contributed by atoms with Crippen molar-refractivity contribution in [1.29, 1.82) is 0 Å². The number of furan rings is 1. The molecule has 0 spiro atoms. The third-order valence-corrected chi connectivity index (χ3v) is 4.25. The Morgan fingerprint density at radius 2 is 2.00 bits per heavy atom. The van der Waals surface area contributed by atoms with Gasteiger partial charge in [-0.05, 0) is 41.8 Å². The highest BCUT2D eigenvalue weighted by Gasteiger charge is 2.36. The van der Waals surface area contributed by atoms with Gasteiger partial charge in [0.15, 0.2) is 11.0 Å². The Morgan fingerprint density at radius 3 is 2.62 bits per heavy atom. The molecule has 1 aliphatic rings. The van der Waals surface area contributed by atoms with E-state index < -0.39 is 0 Å². The number of nitrogens with two attached hydrogens (primary N) is 1. The third-order valence-electron chi connectivity index (χ3n) is 4.04. The molecule has 3 rings (SSSR count). The van der Waals surface area contributed by atoms with Crippen molar-refractivity contribution in [2.75, 3.05) is 19.6 Å². The van der Waals surface area contributed by atoms with E-state index in [0.29, 0.717) is 19.6 Å². The molecule has 2 heterocycles. The van der Waals surface area contributed by atoms with E-state index in [4.69, 9.17) is 21.8 Å². The van der Waals surface area contributed by atoms with Crippen LogP contribution in [0.2, 0.25) is 5.22 Å². The Balaban J connectivity index is 1.79. The highest BCUT2D eigenvalue weighted by molar-refractivity contribution is 6.29. The van der Waals surface area contributed by atoms with Gasteiger partial charge in [-0.25, -0.2) is 0 Å². The third kappa shape index (κ3) is 2.82. The van der Waals surface area contributed by atoms with Crippen LogP contribution in [0.25, 0.3) is 0 Å². The van der Waals surface area contributed by atoms with Crippen molar-refractivity contribution in [3.63, 3.8) is 0 Å². The van der Waals surface area contributed by atoms with Crippen LogP contribution in [0.3, 0.4) is 0 Å². The van der Waals surface area contributed by atoms with Gasteiger partial charge in [-0.15, -0.1) is 0 Å². The lowest BCUT2D eigenvalue weighted by atomic mass is 9.89. The maximum atomic E-state index is 12.4. The van der Waals surface area contributed by atoms with Crippen LogP contribution in [0.4, 0.5) is 0 Å². The van der Waals surface area contributed by atoms with Crippen LogP contribution in [0.1, 0.15) is 22.0 Å². The van der Waals surface area contributed by atoms with Crippen LogP contribution in [0.5, 0.6) is 0 Å². The van der Waals surface area contributed by atoms with Crippen molar-refractivity contribution in [3.05, 3.63) is 59.0 Å². The molecule has 1 aliphatic heterocycles. The second kappa shape index (κ2) is 5.92. The summed E-state index contributed by atoms with van der Waals surface area (Å²) in [7, 11) is 0. The zero-order chi connectivity index (χ0) is 14.8. The Hall–Kier alpha value is -1.78. The summed E-state index contributed by atoms with van der Waals surface area (Å²) in [5.74, 6) is 0.690. The van der Waals surface area contributed by atoms with Gasteiger partial charge in [0.1, 0.15) is 0 Å². The first-order chi connectivity index (χ1) is 10.2. The lowest BCUT2D eigenvalue weighted by molar-refractivity contribution is 0.0755. The van der Waals surface area contributed by atoms with Gasteiger partial charge >= 0.3 is 0 Å². The largest absolute Gasteiger partial charge is 0.440 e. The van der Waals surface area contributed by atoms with E-state index in [0.717, 1.165) is 0 Å². The molecule has 0 unspecified atom stereocenters. The minimum absolute atomic E-state index is 0.126. The van der Waals surface area contributed by atoms with Gasteiger partial charge in [-0.1, -0.05) is 30.3 Å². The minimum Gasteiger partial charge on any atom is -0.440 e. The number of halogens is 1. The highest BCUT2D eigenvalue weighted by atomic mass is 35.5. The fraction of sp³-hybridized carbons (Fsp3) is 0.312. The van der Waals surface area contributed by atoms with Crippen LogP contribution >= 0.6 is 11.6 Å². The van der Waals surface area contributed by atoms with Gasteiger partial charge in [-0.3, -0.25) is 4.79 Å². The number of benzene rings is 1. The molecule has 2 aromatic rings. The Bertz CT molecular complexity index is 626. The summed E-state index contributed by atoms with van der Waals surface area (Å²) >= 11 is 5.73. The summed E-state index contributed by atoms with van der Waals surface area (Å²) in [5.41, 5.74) is 7.11. The van der Waals surface area contributed by atoms with Crippen LogP contribution in [0.15, 0.2) is 46.9 Å². The molecule has 2 N–H and O–H groups in total. The molecular formula is C16H17ClN2O2. The molecule has 21 heavy (non-hydrogen) atoms. The van der Waals surface area contributed by atoms with E-state index in [-0.39, 0.29) is 28.7 Å². The molecule has 1 aromatic heterocycles. The number of hydrogen-bond donors (Lipinski definition) is 1. The van der Waals surface area contributed by atoms with Crippen LogP contribution in [-0.2, 0) is 0 Å².